The lowest BCUT2D eigenvalue weighted by atomic mass is 10.2. The molecular weight excluding hydrogens is 375 g/mol. The summed E-state index contributed by atoms with van der Waals surface area (Å²) >= 11 is 5.76. The molecule has 1 saturated heterocycles. The van der Waals surface area contributed by atoms with E-state index in [1.54, 1.807) is 25.2 Å². The van der Waals surface area contributed by atoms with Crippen LogP contribution in [0.5, 0.6) is 17.2 Å². The average molecular weight is 393 g/mol. The molecule has 1 aliphatic heterocycles. The topological polar surface area (TPSA) is 67.9 Å². The fraction of sp³-hybridized carbons (Fsp3) is 0.263. The number of benzene rings is 2. The van der Waals surface area contributed by atoms with E-state index in [0.717, 1.165) is 0 Å². The van der Waals surface area contributed by atoms with Crippen molar-refractivity contribution in [2.75, 3.05) is 19.5 Å². The van der Waals surface area contributed by atoms with Gasteiger partial charge < -0.3 is 19.7 Å². The van der Waals surface area contributed by atoms with Crippen molar-refractivity contribution in [3.8, 4) is 17.2 Å². The van der Waals surface area contributed by atoms with Gasteiger partial charge in [0.25, 0.3) is 0 Å². The number of nitrogens with zero attached hydrogens (tertiary/aromatic N) is 1. The summed E-state index contributed by atoms with van der Waals surface area (Å²) in [5.74, 6) is 0.298. The van der Waals surface area contributed by atoms with Crippen LogP contribution < -0.4 is 14.8 Å². The summed E-state index contributed by atoms with van der Waals surface area (Å²) < 4.78 is 24.2. The van der Waals surface area contributed by atoms with Crippen molar-refractivity contribution < 1.29 is 23.5 Å². The molecule has 2 aromatic rings. The summed E-state index contributed by atoms with van der Waals surface area (Å²) in [6.45, 7) is 0. The first kappa shape index (κ1) is 19.0. The first-order valence-corrected chi connectivity index (χ1v) is 8.64. The zero-order chi connectivity index (χ0) is 19.6. The molecule has 2 amide bonds. The van der Waals surface area contributed by atoms with Gasteiger partial charge in [0.05, 0.1) is 17.8 Å². The minimum Gasteiger partial charge on any atom is -0.495 e. The molecule has 1 aliphatic rings. The van der Waals surface area contributed by atoms with Crippen LogP contribution in [-0.2, 0) is 9.59 Å². The molecule has 0 saturated carbocycles. The number of likely N-dealkylation sites (tertiary alicyclic amines) is 1. The summed E-state index contributed by atoms with van der Waals surface area (Å²) in [5, 5.41) is 2.72. The molecule has 0 aromatic heterocycles. The number of anilines is 1. The van der Waals surface area contributed by atoms with Crippen LogP contribution in [0.1, 0.15) is 12.8 Å². The van der Waals surface area contributed by atoms with Crippen molar-refractivity contribution in [3.05, 3.63) is 47.2 Å². The molecule has 3 rings (SSSR count). The lowest BCUT2D eigenvalue weighted by Gasteiger charge is -2.20. The largest absolute Gasteiger partial charge is 0.495 e. The Labute approximate surface area is 160 Å². The van der Waals surface area contributed by atoms with Gasteiger partial charge in [0.15, 0.2) is 0 Å². The van der Waals surface area contributed by atoms with Crippen LogP contribution in [-0.4, -0.2) is 36.9 Å². The van der Waals surface area contributed by atoms with Crippen LogP contribution in [0.2, 0.25) is 5.02 Å². The van der Waals surface area contributed by atoms with E-state index in [9.17, 15) is 14.0 Å². The molecule has 1 atom stereocenters. The van der Waals surface area contributed by atoms with Gasteiger partial charge in [-0.15, -0.1) is 0 Å². The van der Waals surface area contributed by atoms with Crippen molar-refractivity contribution in [2.45, 2.75) is 18.9 Å². The predicted octanol–water partition coefficient (Wildman–Crippen LogP) is 3.84. The van der Waals surface area contributed by atoms with Crippen molar-refractivity contribution in [1.29, 1.82) is 0 Å². The fourth-order valence-corrected chi connectivity index (χ4v) is 3.02. The maximum Gasteiger partial charge on any atom is 0.247 e. The molecule has 0 spiro atoms. The Hall–Kier alpha value is -2.80. The maximum absolute atomic E-state index is 13.3. The third kappa shape index (κ3) is 4.14. The van der Waals surface area contributed by atoms with Gasteiger partial charge in [0.1, 0.15) is 29.1 Å². The van der Waals surface area contributed by atoms with Gasteiger partial charge in [-0.2, -0.15) is 0 Å². The Morgan fingerprint density at radius 1 is 1.26 bits per heavy atom. The molecule has 142 valence electrons. The Balaban J connectivity index is 1.80. The molecule has 1 heterocycles. The normalized spacial score (nSPS) is 16.4. The van der Waals surface area contributed by atoms with Crippen LogP contribution in [0, 0.1) is 5.82 Å². The fourth-order valence-electron chi connectivity index (χ4n) is 2.85. The Morgan fingerprint density at radius 2 is 1.96 bits per heavy atom. The van der Waals surface area contributed by atoms with Gasteiger partial charge in [-0.05, 0) is 30.7 Å². The number of carbonyl (C=O) groups excluding carboxylic acids is 2. The van der Waals surface area contributed by atoms with E-state index in [-0.39, 0.29) is 16.8 Å². The molecule has 0 aliphatic carbocycles. The molecule has 6 nitrogen and oxygen atoms in total. The van der Waals surface area contributed by atoms with Crippen LogP contribution in [0.4, 0.5) is 10.1 Å². The van der Waals surface area contributed by atoms with Crippen molar-refractivity contribution in [3.63, 3.8) is 0 Å². The van der Waals surface area contributed by atoms with E-state index in [1.165, 1.54) is 30.2 Å². The lowest BCUT2D eigenvalue weighted by molar-refractivity contribution is -0.131. The molecule has 1 fully saturated rings. The summed E-state index contributed by atoms with van der Waals surface area (Å²) in [4.78, 5) is 25.6. The van der Waals surface area contributed by atoms with Crippen molar-refractivity contribution in [1.82, 2.24) is 4.90 Å². The molecule has 8 heteroatoms. The highest BCUT2D eigenvalue weighted by atomic mass is 35.5. The van der Waals surface area contributed by atoms with Gasteiger partial charge in [-0.1, -0.05) is 11.6 Å². The van der Waals surface area contributed by atoms with Crippen LogP contribution in [0.25, 0.3) is 0 Å². The number of hydrogen-bond acceptors (Lipinski definition) is 4. The van der Waals surface area contributed by atoms with Crippen molar-refractivity contribution in [2.24, 2.45) is 0 Å². The second kappa shape index (κ2) is 7.84. The number of nitrogens with one attached hydrogen (secondary N) is 1. The minimum absolute atomic E-state index is 0.0523. The summed E-state index contributed by atoms with van der Waals surface area (Å²) in [5.41, 5.74) is 0.404. The molecular formula is C19H18ClFN2O4. The van der Waals surface area contributed by atoms with E-state index < -0.39 is 11.9 Å². The third-order valence-corrected chi connectivity index (χ3v) is 4.64. The van der Waals surface area contributed by atoms with E-state index in [4.69, 9.17) is 21.1 Å². The van der Waals surface area contributed by atoms with Gasteiger partial charge >= 0.3 is 0 Å². The highest BCUT2D eigenvalue weighted by Crippen LogP contribution is 2.33. The third-order valence-electron chi connectivity index (χ3n) is 4.35. The predicted molar refractivity (Wildman–Crippen MR) is 98.9 cm³/mol. The summed E-state index contributed by atoms with van der Waals surface area (Å²) in [6.07, 6.45) is 0.813. The Bertz CT molecular complexity index is 890. The monoisotopic (exact) mass is 392 g/mol. The van der Waals surface area contributed by atoms with Gasteiger partial charge in [-0.3, -0.25) is 9.59 Å². The number of halogens is 2. The van der Waals surface area contributed by atoms with E-state index in [2.05, 4.69) is 5.32 Å². The number of likely N-dealkylation sites (N-methyl/N-ethyl adjacent to an activating group) is 1. The molecule has 1 unspecified atom stereocenters. The van der Waals surface area contributed by atoms with E-state index in [1.807, 2.05) is 0 Å². The van der Waals surface area contributed by atoms with Crippen molar-refractivity contribution >= 4 is 29.1 Å². The first-order valence-electron chi connectivity index (χ1n) is 8.26. The Morgan fingerprint density at radius 3 is 2.59 bits per heavy atom. The lowest BCUT2D eigenvalue weighted by Crippen LogP contribution is -2.38. The number of hydrogen-bond donors (Lipinski definition) is 1. The second-order valence-electron chi connectivity index (χ2n) is 6.09. The molecule has 0 radical (unpaired) electrons. The smallest absolute Gasteiger partial charge is 0.247 e. The Kier molecular flexibility index (Phi) is 5.51. The maximum atomic E-state index is 13.3. The quantitative estimate of drug-likeness (QED) is 0.839. The number of amides is 2. The molecule has 27 heavy (non-hydrogen) atoms. The molecule has 2 aromatic carbocycles. The average Bonchev–Trinajstić information content (AvgIpc) is 2.97. The first-order chi connectivity index (χ1) is 12.9. The number of rotatable bonds is 5. The number of carbonyl (C=O) groups is 2. The van der Waals surface area contributed by atoms with Gasteiger partial charge in [-0.25, -0.2) is 4.39 Å². The van der Waals surface area contributed by atoms with Gasteiger partial charge in [0.2, 0.25) is 11.8 Å². The number of methoxy groups -OCH3 is 1. The highest BCUT2D eigenvalue weighted by Gasteiger charge is 2.33. The molecule has 1 N–H and O–H groups in total. The van der Waals surface area contributed by atoms with Gasteiger partial charge in [0, 0.05) is 25.6 Å². The summed E-state index contributed by atoms with van der Waals surface area (Å²) in [6, 6.07) is 8.36. The summed E-state index contributed by atoms with van der Waals surface area (Å²) in [7, 11) is 3.09. The number of ether oxygens (including phenoxy) is 2. The zero-order valence-corrected chi connectivity index (χ0v) is 15.5. The van der Waals surface area contributed by atoms with Crippen LogP contribution in [0.3, 0.4) is 0 Å². The SMILES string of the molecule is COc1ccc(Oc2ccc(F)c(Cl)c2)cc1NC(=O)C1CCC(=O)N1C. The minimum atomic E-state index is -0.540. The van der Waals surface area contributed by atoms with E-state index in [0.29, 0.717) is 35.8 Å². The zero-order valence-electron chi connectivity index (χ0n) is 14.8. The van der Waals surface area contributed by atoms with E-state index >= 15 is 0 Å². The standard InChI is InChI=1S/C19H18ClFN2O4/c1-23-16(6-8-18(23)24)19(25)22-15-10-12(4-7-17(15)26-2)27-11-3-5-14(21)13(20)9-11/h3-5,7,9-10,16H,6,8H2,1-2H3,(H,22,25). The highest BCUT2D eigenvalue weighted by molar-refractivity contribution is 6.30. The van der Waals surface area contributed by atoms with Crippen LogP contribution in [0.15, 0.2) is 36.4 Å². The molecule has 0 bridgehead atoms. The van der Waals surface area contributed by atoms with Crippen LogP contribution >= 0.6 is 11.6 Å². The second-order valence-corrected chi connectivity index (χ2v) is 6.50.